The van der Waals surface area contributed by atoms with E-state index in [1.807, 2.05) is 4.90 Å². The highest BCUT2D eigenvalue weighted by atomic mass is 16.5. The third kappa shape index (κ3) is 2.96. The lowest BCUT2D eigenvalue weighted by atomic mass is 10.2. The van der Waals surface area contributed by atoms with Gasteiger partial charge in [-0.05, 0) is 12.8 Å². The Kier molecular flexibility index (Phi) is 4.55. The minimum Gasteiger partial charge on any atom is -0.382 e. The van der Waals surface area contributed by atoms with Gasteiger partial charge in [-0.15, -0.1) is 0 Å². The number of carbonyl (C=O) groups is 1. The molecule has 6 nitrogen and oxygen atoms in total. The maximum absolute atomic E-state index is 12.9. The number of morpholine rings is 1. The number of imidazole rings is 1. The molecule has 2 aliphatic rings. The van der Waals surface area contributed by atoms with Gasteiger partial charge in [-0.3, -0.25) is 4.79 Å². The third-order valence-electron chi connectivity index (χ3n) is 4.29. The summed E-state index contributed by atoms with van der Waals surface area (Å²) in [4.78, 5) is 19.2. The molecular formula is C15H23N3O3. The highest BCUT2D eigenvalue weighted by molar-refractivity contribution is 5.93. The Bertz CT molecular complexity index is 498. The van der Waals surface area contributed by atoms with Gasteiger partial charge in [-0.1, -0.05) is 6.42 Å². The van der Waals surface area contributed by atoms with Crippen molar-refractivity contribution >= 4 is 5.91 Å². The molecule has 1 fully saturated rings. The van der Waals surface area contributed by atoms with Crippen molar-refractivity contribution in [2.24, 2.45) is 0 Å². The molecule has 1 aromatic rings. The zero-order valence-corrected chi connectivity index (χ0v) is 12.6. The molecule has 2 aliphatic heterocycles. The number of nitrogens with zero attached hydrogens (tertiary/aromatic N) is 3. The fraction of sp³-hybridized carbons (Fsp3) is 0.733. The first-order valence-corrected chi connectivity index (χ1v) is 7.73. The molecule has 0 bridgehead atoms. The van der Waals surface area contributed by atoms with Crippen molar-refractivity contribution in [3.63, 3.8) is 0 Å². The Balaban J connectivity index is 1.82. The number of ether oxygens (including phenoxy) is 2. The maximum atomic E-state index is 12.9. The van der Waals surface area contributed by atoms with E-state index in [9.17, 15) is 4.79 Å². The van der Waals surface area contributed by atoms with Gasteiger partial charge in [0.2, 0.25) is 0 Å². The number of rotatable bonds is 3. The second-order valence-corrected chi connectivity index (χ2v) is 5.70. The number of hydrogen-bond acceptors (Lipinski definition) is 4. The van der Waals surface area contributed by atoms with Crippen LogP contribution in [0.25, 0.3) is 0 Å². The zero-order chi connectivity index (χ0) is 14.7. The van der Waals surface area contributed by atoms with E-state index in [0.717, 1.165) is 37.3 Å². The van der Waals surface area contributed by atoms with Gasteiger partial charge >= 0.3 is 0 Å². The van der Waals surface area contributed by atoms with E-state index in [-0.39, 0.29) is 11.9 Å². The molecule has 0 aromatic carbocycles. The summed E-state index contributed by atoms with van der Waals surface area (Å²) in [5.41, 5.74) is 0.718. The Labute approximate surface area is 125 Å². The van der Waals surface area contributed by atoms with Gasteiger partial charge in [-0.2, -0.15) is 0 Å². The second kappa shape index (κ2) is 6.58. The molecule has 3 rings (SSSR count). The van der Waals surface area contributed by atoms with E-state index in [1.54, 1.807) is 13.3 Å². The smallest absolute Gasteiger partial charge is 0.272 e. The Morgan fingerprint density at radius 3 is 3.19 bits per heavy atom. The molecule has 1 atom stereocenters. The predicted molar refractivity (Wildman–Crippen MR) is 77.3 cm³/mol. The molecule has 116 valence electrons. The molecule has 0 spiro atoms. The lowest BCUT2D eigenvalue weighted by molar-refractivity contribution is -0.0256. The quantitative estimate of drug-likeness (QED) is 0.837. The number of aromatic nitrogens is 2. The van der Waals surface area contributed by atoms with Gasteiger partial charge in [0.15, 0.2) is 0 Å². The molecule has 6 heteroatoms. The first kappa shape index (κ1) is 14.5. The molecule has 0 radical (unpaired) electrons. The summed E-state index contributed by atoms with van der Waals surface area (Å²) in [6, 6.07) is -0.00632. The van der Waals surface area contributed by atoms with Gasteiger partial charge in [-0.25, -0.2) is 4.98 Å². The van der Waals surface area contributed by atoms with E-state index in [4.69, 9.17) is 9.47 Å². The standard InChI is InChI=1S/C15H23N3O3/c1-20-10-12-11-21-8-7-17(12)15(19)13-9-16-14-5-3-2-4-6-18(13)14/h9,12H,2-8,10-11H2,1H3/t12-/m0/s1. The summed E-state index contributed by atoms with van der Waals surface area (Å²) in [5.74, 6) is 1.11. The maximum Gasteiger partial charge on any atom is 0.272 e. The lowest BCUT2D eigenvalue weighted by Gasteiger charge is -2.35. The molecule has 0 aliphatic carbocycles. The molecule has 1 amide bonds. The second-order valence-electron chi connectivity index (χ2n) is 5.70. The highest BCUT2D eigenvalue weighted by Crippen LogP contribution is 2.19. The van der Waals surface area contributed by atoms with Gasteiger partial charge in [0.25, 0.3) is 5.91 Å². The van der Waals surface area contributed by atoms with E-state index in [1.165, 1.54) is 6.42 Å². The SMILES string of the molecule is COC[C@H]1COCCN1C(=O)c1cnc2n1CCCCC2. The monoisotopic (exact) mass is 293 g/mol. The Morgan fingerprint density at radius 2 is 2.33 bits per heavy atom. The molecule has 0 saturated carbocycles. The van der Waals surface area contributed by atoms with Crippen molar-refractivity contribution in [3.05, 3.63) is 17.7 Å². The molecule has 3 heterocycles. The molecule has 1 saturated heterocycles. The molecule has 0 N–H and O–H groups in total. The fourth-order valence-corrected chi connectivity index (χ4v) is 3.16. The fourth-order valence-electron chi connectivity index (χ4n) is 3.16. The van der Waals surface area contributed by atoms with Crippen LogP contribution in [0.3, 0.4) is 0 Å². The van der Waals surface area contributed by atoms with Crippen LogP contribution in [0.4, 0.5) is 0 Å². The predicted octanol–water partition coefficient (Wildman–Crippen LogP) is 1.10. The Morgan fingerprint density at radius 1 is 1.43 bits per heavy atom. The summed E-state index contributed by atoms with van der Waals surface area (Å²) in [6.07, 6.45) is 6.20. The number of amides is 1. The number of fused-ring (bicyclic) bond motifs is 1. The topological polar surface area (TPSA) is 56.6 Å². The van der Waals surface area contributed by atoms with Crippen molar-refractivity contribution < 1.29 is 14.3 Å². The van der Waals surface area contributed by atoms with Crippen LogP contribution >= 0.6 is 0 Å². The normalized spacial score (nSPS) is 22.7. The van der Waals surface area contributed by atoms with Crippen molar-refractivity contribution in [1.82, 2.24) is 14.5 Å². The molecular weight excluding hydrogens is 270 g/mol. The van der Waals surface area contributed by atoms with Crippen LogP contribution in [-0.4, -0.2) is 59.9 Å². The minimum atomic E-state index is -0.00632. The van der Waals surface area contributed by atoms with Gasteiger partial charge in [0.05, 0.1) is 32.1 Å². The average Bonchev–Trinajstić information content (AvgIpc) is 2.76. The minimum absolute atomic E-state index is 0.00632. The highest BCUT2D eigenvalue weighted by Gasteiger charge is 2.30. The van der Waals surface area contributed by atoms with Crippen LogP contribution in [0.5, 0.6) is 0 Å². The Hall–Kier alpha value is -1.40. The summed E-state index contributed by atoms with van der Waals surface area (Å²) in [7, 11) is 1.65. The van der Waals surface area contributed by atoms with Crippen molar-refractivity contribution in [2.75, 3.05) is 33.5 Å². The first-order chi connectivity index (χ1) is 10.3. The van der Waals surface area contributed by atoms with E-state index >= 15 is 0 Å². The number of carbonyl (C=O) groups excluding carboxylic acids is 1. The van der Waals surface area contributed by atoms with Crippen molar-refractivity contribution in [2.45, 2.75) is 38.3 Å². The zero-order valence-electron chi connectivity index (χ0n) is 12.6. The van der Waals surface area contributed by atoms with Crippen LogP contribution < -0.4 is 0 Å². The van der Waals surface area contributed by atoms with Gasteiger partial charge in [0.1, 0.15) is 11.5 Å². The van der Waals surface area contributed by atoms with Gasteiger partial charge in [0, 0.05) is 26.6 Å². The number of hydrogen-bond donors (Lipinski definition) is 0. The van der Waals surface area contributed by atoms with E-state index in [2.05, 4.69) is 9.55 Å². The summed E-state index contributed by atoms with van der Waals surface area (Å²) < 4.78 is 12.8. The molecule has 21 heavy (non-hydrogen) atoms. The largest absolute Gasteiger partial charge is 0.382 e. The number of methoxy groups -OCH3 is 1. The van der Waals surface area contributed by atoms with Crippen LogP contribution in [0, 0.1) is 0 Å². The van der Waals surface area contributed by atoms with Crippen molar-refractivity contribution in [1.29, 1.82) is 0 Å². The molecule has 1 aromatic heterocycles. The lowest BCUT2D eigenvalue weighted by Crippen LogP contribution is -2.51. The molecule has 0 unspecified atom stereocenters. The first-order valence-electron chi connectivity index (χ1n) is 7.73. The van der Waals surface area contributed by atoms with Crippen LogP contribution in [0.1, 0.15) is 35.6 Å². The summed E-state index contributed by atoms with van der Waals surface area (Å²) in [5, 5.41) is 0. The summed E-state index contributed by atoms with van der Waals surface area (Å²) >= 11 is 0. The van der Waals surface area contributed by atoms with Crippen molar-refractivity contribution in [3.8, 4) is 0 Å². The van der Waals surface area contributed by atoms with Crippen LogP contribution in [-0.2, 0) is 22.4 Å². The summed E-state index contributed by atoms with van der Waals surface area (Å²) in [6.45, 7) is 3.16. The van der Waals surface area contributed by atoms with Crippen LogP contribution in [0.2, 0.25) is 0 Å². The third-order valence-corrected chi connectivity index (χ3v) is 4.29. The van der Waals surface area contributed by atoms with Gasteiger partial charge < -0.3 is 18.9 Å². The number of aryl methyl sites for hydroxylation is 1. The average molecular weight is 293 g/mol. The van der Waals surface area contributed by atoms with Crippen LogP contribution in [0.15, 0.2) is 6.20 Å². The van der Waals surface area contributed by atoms with E-state index in [0.29, 0.717) is 26.4 Å². The van der Waals surface area contributed by atoms with E-state index < -0.39 is 0 Å².